The van der Waals surface area contributed by atoms with E-state index in [4.69, 9.17) is 0 Å². The topological polar surface area (TPSA) is 28.5 Å². The standard InChI is InChI=1S/C12H18BrN3O/c1-3-15-4-6-16(7-5-15)12(17)11-8-10(13)9-14(11)2/h8-9H,3-7H2,1-2H3. The van der Waals surface area contributed by atoms with Crippen LogP contribution in [0, 0.1) is 0 Å². The first-order chi connectivity index (χ1) is 8.11. The predicted octanol–water partition coefficient (Wildman–Crippen LogP) is 1.57. The van der Waals surface area contributed by atoms with Crippen molar-refractivity contribution in [2.75, 3.05) is 32.7 Å². The molecule has 1 aliphatic rings. The minimum atomic E-state index is 0.133. The third-order valence-corrected chi connectivity index (χ3v) is 3.73. The Bertz CT molecular complexity index is 408. The highest BCUT2D eigenvalue weighted by atomic mass is 79.9. The summed E-state index contributed by atoms with van der Waals surface area (Å²) in [6.07, 6.45) is 1.91. The second-order valence-electron chi connectivity index (χ2n) is 4.38. The van der Waals surface area contributed by atoms with Crippen LogP contribution in [-0.2, 0) is 7.05 Å². The molecule has 0 atom stereocenters. The van der Waals surface area contributed by atoms with E-state index in [1.54, 1.807) is 0 Å². The van der Waals surface area contributed by atoms with Gasteiger partial charge in [-0.15, -0.1) is 0 Å². The first-order valence-electron chi connectivity index (χ1n) is 5.95. The number of carbonyl (C=O) groups is 1. The molecule has 0 bridgehead atoms. The van der Waals surface area contributed by atoms with Crippen LogP contribution in [-0.4, -0.2) is 53.0 Å². The molecule has 0 N–H and O–H groups in total. The van der Waals surface area contributed by atoms with E-state index >= 15 is 0 Å². The summed E-state index contributed by atoms with van der Waals surface area (Å²) in [7, 11) is 1.90. The minimum absolute atomic E-state index is 0.133. The fraction of sp³-hybridized carbons (Fsp3) is 0.583. The van der Waals surface area contributed by atoms with E-state index in [2.05, 4.69) is 27.8 Å². The van der Waals surface area contributed by atoms with Crippen LogP contribution < -0.4 is 0 Å². The molecule has 94 valence electrons. The SMILES string of the molecule is CCN1CCN(C(=O)c2cc(Br)cn2C)CC1. The number of aryl methyl sites for hydroxylation is 1. The van der Waals surface area contributed by atoms with Crippen LogP contribution >= 0.6 is 15.9 Å². The van der Waals surface area contributed by atoms with Crippen molar-refractivity contribution in [1.82, 2.24) is 14.4 Å². The second kappa shape index (κ2) is 5.23. The minimum Gasteiger partial charge on any atom is -0.345 e. The summed E-state index contributed by atoms with van der Waals surface area (Å²) in [5, 5.41) is 0. The molecule has 0 aromatic carbocycles. The largest absolute Gasteiger partial charge is 0.345 e. The van der Waals surface area contributed by atoms with Crippen LogP contribution in [0.2, 0.25) is 0 Å². The molecule has 0 spiro atoms. The summed E-state index contributed by atoms with van der Waals surface area (Å²) in [5.41, 5.74) is 0.752. The molecule has 2 heterocycles. The Kier molecular flexibility index (Phi) is 3.89. The van der Waals surface area contributed by atoms with E-state index in [0.717, 1.165) is 42.9 Å². The molecular weight excluding hydrogens is 282 g/mol. The molecule has 1 aromatic rings. The van der Waals surface area contributed by atoms with Gasteiger partial charge >= 0.3 is 0 Å². The molecule has 4 nitrogen and oxygen atoms in total. The normalized spacial score (nSPS) is 17.5. The van der Waals surface area contributed by atoms with E-state index < -0.39 is 0 Å². The van der Waals surface area contributed by atoms with Crippen LogP contribution in [0.1, 0.15) is 17.4 Å². The van der Waals surface area contributed by atoms with Crippen LogP contribution in [0.5, 0.6) is 0 Å². The van der Waals surface area contributed by atoms with Crippen molar-refractivity contribution >= 4 is 21.8 Å². The summed E-state index contributed by atoms with van der Waals surface area (Å²) < 4.78 is 2.83. The van der Waals surface area contributed by atoms with Gasteiger partial charge in [0.05, 0.1) is 0 Å². The maximum Gasteiger partial charge on any atom is 0.270 e. The molecule has 1 amide bonds. The van der Waals surface area contributed by atoms with Gasteiger partial charge < -0.3 is 14.4 Å². The van der Waals surface area contributed by atoms with Gasteiger partial charge in [-0.05, 0) is 28.5 Å². The second-order valence-corrected chi connectivity index (χ2v) is 5.30. The van der Waals surface area contributed by atoms with Gasteiger partial charge in [0.15, 0.2) is 0 Å². The van der Waals surface area contributed by atoms with E-state index in [-0.39, 0.29) is 5.91 Å². The number of amides is 1. The summed E-state index contributed by atoms with van der Waals surface area (Å²) in [5.74, 6) is 0.133. The van der Waals surface area contributed by atoms with Gasteiger partial charge in [-0.1, -0.05) is 6.92 Å². The summed E-state index contributed by atoms with van der Waals surface area (Å²) in [6, 6.07) is 1.88. The van der Waals surface area contributed by atoms with Gasteiger partial charge in [-0.25, -0.2) is 0 Å². The number of aromatic nitrogens is 1. The molecule has 1 aliphatic heterocycles. The lowest BCUT2D eigenvalue weighted by atomic mass is 10.3. The Morgan fingerprint density at radius 1 is 1.35 bits per heavy atom. The van der Waals surface area contributed by atoms with Crippen molar-refractivity contribution < 1.29 is 4.79 Å². The molecule has 1 fully saturated rings. The van der Waals surface area contributed by atoms with Crippen LogP contribution in [0.4, 0.5) is 0 Å². The molecule has 17 heavy (non-hydrogen) atoms. The smallest absolute Gasteiger partial charge is 0.270 e. The number of likely N-dealkylation sites (N-methyl/N-ethyl adjacent to an activating group) is 1. The quantitative estimate of drug-likeness (QED) is 0.829. The molecule has 0 aliphatic carbocycles. The highest BCUT2D eigenvalue weighted by Gasteiger charge is 2.23. The van der Waals surface area contributed by atoms with E-state index in [1.807, 2.05) is 28.8 Å². The Balaban J connectivity index is 2.04. The van der Waals surface area contributed by atoms with Crippen molar-refractivity contribution in [2.24, 2.45) is 7.05 Å². The zero-order chi connectivity index (χ0) is 12.4. The number of hydrogen-bond acceptors (Lipinski definition) is 2. The third-order valence-electron chi connectivity index (χ3n) is 3.30. The van der Waals surface area contributed by atoms with Crippen molar-refractivity contribution in [3.63, 3.8) is 0 Å². The lowest BCUT2D eigenvalue weighted by Crippen LogP contribution is -2.48. The fourth-order valence-electron chi connectivity index (χ4n) is 2.17. The van der Waals surface area contributed by atoms with Crippen LogP contribution in [0.3, 0.4) is 0 Å². The van der Waals surface area contributed by atoms with Crippen LogP contribution in [0.15, 0.2) is 16.7 Å². The van der Waals surface area contributed by atoms with Gasteiger partial charge in [0.25, 0.3) is 5.91 Å². The maximum atomic E-state index is 12.3. The third kappa shape index (κ3) is 2.72. The molecule has 5 heteroatoms. The van der Waals surface area contributed by atoms with E-state index in [1.165, 1.54) is 0 Å². The maximum absolute atomic E-state index is 12.3. The Hall–Kier alpha value is -0.810. The van der Waals surface area contributed by atoms with Gasteiger partial charge in [0.1, 0.15) is 5.69 Å². The predicted molar refractivity (Wildman–Crippen MR) is 71.1 cm³/mol. The number of halogens is 1. The first-order valence-corrected chi connectivity index (χ1v) is 6.74. The molecule has 1 aromatic heterocycles. The van der Waals surface area contributed by atoms with Crippen LogP contribution in [0.25, 0.3) is 0 Å². The molecule has 0 saturated carbocycles. The Labute approximate surface area is 110 Å². The number of piperazine rings is 1. The number of hydrogen-bond donors (Lipinski definition) is 0. The van der Waals surface area contributed by atoms with Crippen molar-refractivity contribution in [2.45, 2.75) is 6.92 Å². The highest BCUT2D eigenvalue weighted by molar-refractivity contribution is 9.10. The summed E-state index contributed by atoms with van der Waals surface area (Å²) >= 11 is 3.40. The van der Waals surface area contributed by atoms with Crippen molar-refractivity contribution in [3.05, 3.63) is 22.4 Å². The number of rotatable bonds is 2. The van der Waals surface area contributed by atoms with Gasteiger partial charge in [0.2, 0.25) is 0 Å². The van der Waals surface area contributed by atoms with Gasteiger partial charge in [-0.3, -0.25) is 4.79 Å². The number of carbonyl (C=O) groups excluding carboxylic acids is 1. The molecule has 0 unspecified atom stereocenters. The Morgan fingerprint density at radius 3 is 2.47 bits per heavy atom. The fourth-order valence-corrected chi connectivity index (χ4v) is 2.69. The van der Waals surface area contributed by atoms with Crippen molar-refractivity contribution in [1.29, 1.82) is 0 Å². The monoisotopic (exact) mass is 299 g/mol. The van der Waals surface area contributed by atoms with E-state index in [9.17, 15) is 4.79 Å². The molecule has 2 rings (SSSR count). The van der Waals surface area contributed by atoms with Gasteiger partial charge in [-0.2, -0.15) is 0 Å². The summed E-state index contributed by atoms with van der Waals surface area (Å²) in [4.78, 5) is 16.6. The van der Waals surface area contributed by atoms with Gasteiger partial charge in [0, 0.05) is 43.9 Å². The zero-order valence-electron chi connectivity index (χ0n) is 10.3. The zero-order valence-corrected chi connectivity index (χ0v) is 11.9. The Morgan fingerprint density at radius 2 is 2.00 bits per heavy atom. The first kappa shape index (κ1) is 12.6. The molecule has 1 saturated heterocycles. The molecule has 0 radical (unpaired) electrons. The number of nitrogens with zero attached hydrogens (tertiary/aromatic N) is 3. The summed E-state index contributed by atoms with van der Waals surface area (Å²) in [6.45, 7) is 6.84. The highest BCUT2D eigenvalue weighted by Crippen LogP contribution is 2.16. The average molecular weight is 300 g/mol. The lowest BCUT2D eigenvalue weighted by Gasteiger charge is -2.34. The lowest BCUT2D eigenvalue weighted by molar-refractivity contribution is 0.0634. The van der Waals surface area contributed by atoms with E-state index in [0.29, 0.717) is 0 Å². The average Bonchev–Trinajstić information content (AvgIpc) is 2.68. The van der Waals surface area contributed by atoms with Crippen molar-refractivity contribution in [3.8, 4) is 0 Å². The molecular formula is C12H18BrN3O.